The Morgan fingerprint density at radius 3 is 2.40 bits per heavy atom. The van der Waals surface area contributed by atoms with E-state index >= 15 is 0 Å². The van der Waals surface area contributed by atoms with Crippen LogP contribution in [0.5, 0.6) is 0 Å². The number of para-hydroxylation sites is 1. The van der Waals surface area contributed by atoms with Gasteiger partial charge in [-0.2, -0.15) is 4.68 Å². The van der Waals surface area contributed by atoms with Gasteiger partial charge < -0.3 is 4.74 Å². The van der Waals surface area contributed by atoms with E-state index in [-0.39, 0.29) is 5.97 Å². The van der Waals surface area contributed by atoms with Crippen molar-refractivity contribution in [1.82, 2.24) is 20.2 Å². The Bertz CT molecular complexity index is 860. The Kier molecular flexibility index (Phi) is 5.14. The number of nitrogens with zero attached hydrogens (tertiary/aromatic N) is 4. The number of aromatic nitrogens is 4. The van der Waals surface area contributed by atoms with Crippen LogP contribution < -0.4 is 0 Å². The lowest BCUT2D eigenvalue weighted by molar-refractivity contribution is -0.140. The van der Waals surface area contributed by atoms with Crippen molar-refractivity contribution in [3.63, 3.8) is 0 Å². The van der Waals surface area contributed by atoms with Gasteiger partial charge in [-0.05, 0) is 41.0 Å². The molecule has 128 valence electrons. The second kappa shape index (κ2) is 7.48. The first-order valence-corrected chi connectivity index (χ1v) is 8.64. The van der Waals surface area contributed by atoms with Crippen molar-refractivity contribution in [2.75, 3.05) is 7.11 Å². The van der Waals surface area contributed by atoms with E-state index in [0.29, 0.717) is 5.16 Å². The molecule has 1 heterocycles. The summed E-state index contributed by atoms with van der Waals surface area (Å²) in [5.41, 5.74) is 3.88. The maximum Gasteiger partial charge on any atom is 0.323 e. The first-order valence-electron chi connectivity index (χ1n) is 7.76. The van der Waals surface area contributed by atoms with Gasteiger partial charge in [-0.15, -0.1) is 5.10 Å². The van der Waals surface area contributed by atoms with Gasteiger partial charge >= 0.3 is 5.97 Å². The molecule has 1 atom stereocenters. The molecule has 0 saturated heterocycles. The summed E-state index contributed by atoms with van der Waals surface area (Å²) in [5.74, 6) is -0.341. The lowest BCUT2D eigenvalue weighted by atomic mass is 10.1. The van der Waals surface area contributed by atoms with Crippen LogP contribution in [0.15, 0.2) is 53.7 Å². The first kappa shape index (κ1) is 17.2. The lowest BCUT2D eigenvalue weighted by Crippen LogP contribution is -2.13. The predicted octanol–water partition coefficient (Wildman–Crippen LogP) is 3.29. The highest BCUT2D eigenvalue weighted by atomic mass is 32.2. The molecule has 0 aliphatic heterocycles. The fourth-order valence-electron chi connectivity index (χ4n) is 2.62. The van der Waals surface area contributed by atoms with Gasteiger partial charge in [0, 0.05) is 0 Å². The number of hydrogen-bond donors (Lipinski definition) is 0. The molecule has 0 aliphatic carbocycles. The highest BCUT2D eigenvalue weighted by Gasteiger charge is 2.26. The van der Waals surface area contributed by atoms with Crippen LogP contribution >= 0.6 is 11.8 Å². The number of aryl methyl sites for hydroxylation is 2. The zero-order chi connectivity index (χ0) is 17.8. The van der Waals surface area contributed by atoms with Gasteiger partial charge in [-0.3, -0.25) is 4.79 Å². The summed E-state index contributed by atoms with van der Waals surface area (Å²) < 4.78 is 6.65. The number of methoxy groups -OCH3 is 1. The molecule has 0 aliphatic rings. The van der Waals surface area contributed by atoms with Crippen LogP contribution in [0.1, 0.15) is 21.9 Å². The maximum atomic E-state index is 12.3. The lowest BCUT2D eigenvalue weighted by Gasteiger charge is -2.15. The van der Waals surface area contributed by atoms with Crippen molar-refractivity contribution >= 4 is 17.7 Å². The van der Waals surface area contributed by atoms with Crippen molar-refractivity contribution in [1.29, 1.82) is 0 Å². The average molecular weight is 354 g/mol. The molecule has 0 saturated carbocycles. The molecular weight excluding hydrogens is 336 g/mol. The Morgan fingerprint density at radius 2 is 1.76 bits per heavy atom. The minimum Gasteiger partial charge on any atom is -0.468 e. The third kappa shape index (κ3) is 3.56. The fraction of sp³-hybridized carbons (Fsp3) is 0.222. The third-order valence-corrected chi connectivity index (χ3v) is 5.00. The second-order valence-corrected chi connectivity index (χ2v) is 6.62. The van der Waals surface area contributed by atoms with Crippen molar-refractivity contribution in [2.45, 2.75) is 24.3 Å². The van der Waals surface area contributed by atoms with Crippen molar-refractivity contribution in [3.8, 4) is 5.69 Å². The van der Waals surface area contributed by atoms with Gasteiger partial charge in [-0.25, -0.2) is 0 Å². The predicted molar refractivity (Wildman–Crippen MR) is 95.7 cm³/mol. The first-order chi connectivity index (χ1) is 12.1. The Morgan fingerprint density at radius 1 is 1.08 bits per heavy atom. The standard InChI is InChI=1S/C18H18N4O2S/c1-12-8-7-9-13(2)15(12)22-18(19-20-21-22)25-16(17(23)24-3)14-10-5-4-6-11-14/h4-11,16H,1-3H3. The van der Waals surface area contributed by atoms with E-state index in [9.17, 15) is 4.79 Å². The van der Waals surface area contributed by atoms with E-state index < -0.39 is 5.25 Å². The van der Waals surface area contributed by atoms with Crippen LogP contribution in [0, 0.1) is 13.8 Å². The molecule has 6 nitrogen and oxygen atoms in total. The van der Waals surface area contributed by atoms with Crippen LogP contribution in [0.2, 0.25) is 0 Å². The molecule has 3 aromatic rings. The van der Waals surface area contributed by atoms with Gasteiger partial charge in [0.1, 0.15) is 5.25 Å². The fourth-order valence-corrected chi connectivity index (χ4v) is 3.63. The number of esters is 1. The molecule has 0 radical (unpaired) electrons. The quantitative estimate of drug-likeness (QED) is 0.517. The molecule has 0 N–H and O–H groups in total. The summed E-state index contributed by atoms with van der Waals surface area (Å²) >= 11 is 1.27. The van der Waals surface area contributed by atoms with Gasteiger partial charge in [-0.1, -0.05) is 60.3 Å². The van der Waals surface area contributed by atoms with Crippen molar-refractivity contribution in [2.24, 2.45) is 0 Å². The minimum absolute atomic E-state index is 0.341. The Hall–Kier alpha value is -2.67. The zero-order valence-electron chi connectivity index (χ0n) is 14.2. The minimum atomic E-state index is -0.541. The molecule has 1 unspecified atom stereocenters. The second-order valence-electron chi connectivity index (χ2n) is 5.55. The van der Waals surface area contributed by atoms with Gasteiger partial charge in [0.2, 0.25) is 5.16 Å². The Balaban J connectivity index is 2.00. The van der Waals surface area contributed by atoms with Crippen molar-refractivity contribution in [3.05, 3.63) is 65.2 Å². The van der Waals surface area contributed by atoms with E-state index in [0.717, 1.165) is 22.4 Å². The summed E-state index contributed by atoms with van der Waals surface area (Å²) in [7, 11) is 1.38. The molecule has 0 spiro atoms. The highest BCUT2D eigenvalue weighted by Crippen LogP contribution is 2.36. The molecule has 3 rings (SSSR count). The molecular formula is C18H18N4O2S. The summed E-state index contributed by atoms with van der Waals surface area (Å²) in [6, 6.07) is 15.5. The normalized spacial score (nSPS) is 12.0. The summed E-state index contributed by atoms with van der Waals surface area (Å²) in [6.45, 7) is 4.01. The number of ether oxygens (including phenoxy) is 1. The van der Waals surface area contributed by atoms with Crippen molar-refractivity contribution < 1.29 is 9.53 Å². The van der Waals surface area contributed by atoms with E-state index in [2.05, 4.69) is 15.5 Å². The number of thioether (sulfide) groups is 1. The van der Waals surface area contributed by atoms with E-state index in [1.807, 2.05) is 62.4 Å². The molecule has 7 heteroatoms. The van der Waals surface area contributed by atoms with Crippen LogP contribution in [-0.2, 0) is 9.53 Å². The number of carbonyl (C=O) groups excluding carboxylic acids is 1. The summed E-state index contributed by atoms with van der Waals surface area (Å²) in [5, 5.41) is 12.0. The maximum absolute atomic E-state index is 12.3. The zero-order valence-corrected chi connectivity index (χ0v) is 15.0. The molecule has 1 aromatic heterocycles. The van der Waals surface area contributed by atoms with Gasteiger partial charge in [0.05, 0.1) is 12.8 Å². The molecule has 0 fully saturated rings. The van der Waals surface area contributed by atoms with Crippen LogP contribution in [-0.4, -0.2) is 33.3 Å². The molecule has 0 bridgehead atoms. The van der Waals surface area contributed by atoms with E-state index in [1.165, 1.54) is 18.9 Å². The smallest absolute Gasteiger partial charge is 0.323 e. The topological polar surface area (TPSA) is 69.9 Å². The summed E-state index contributed by atoms with van der Waals surface area (Å²) in [4.78, 5) is 12.3. The number of hydrogen-bond acceptors (Lipinski definition) is 6. The summed E-state index contributed by atoms with van der Waals surface area (Å²) in [6.07, 6.45) is 0. The SMILES string of the molecule is COC(=O)C(Sc1nnnn1-c1c(C)cccc1C)c1ccccc1. The van der Waals surface area contributed by atoms with Crippen LogP contribution in [0.25, 0.3) is 5.69 Å². The van der Waals surface area contributed by atoms with E-state index in [1.54, 1.807) is 4.68 Å². The molecule has 25 heavy (non-hydrogen) atoms. The van der Waals surface area contributed by atoms with Crippen LogP contribution in [0.3, 0.4) is 0 Å². The average Bonchev–Trinajstić information content (AvgIpc) is 3.07. The third-order valence-electron chi connectivity index (χ3n) is 3.83. The number of carbonyl (C=O) groups is 1. The largest absolute Gasteiger partial charge is 0.468 e. The Labute approximate surface area is 150 Å². The van der Waals surface area contributed by atoms with Crippen LogP contribution in [0.4, 0.5) is 0 Å². The number of tetrazole rings is 1. The monoisotopic (exact) mass is 354 g/mol. The number of benzene rings is 2. The highest BCUT2D eigenvalue weighted by molar-refractivity contribution is 8.00. The van der Waals surface area contributed by atoms with Gasteiger partial charge in [0.15, 0.2) is 0 Å². The molecule has 0 amide bonds. The molecule has 2 aromatic carbocycles. The van der Waals surface area contributed by atoms with E-state index in [4.69, 9.17) is 4.74 Å². The number of rotatable bonds is 5. The van der Waals surface area contributed by atoms with Gasteiger partial charge in [0.25, 0.3) is 0 Å².